The monoisotopic (exact) mass is 518 g/mol. The number of nitrogens with one attached hydrogen (secondary N) is 1. The zero-order valence-electron chi connectivity index (χ0n) is 17.4. The van der Waals surface area contributed by atoms with Crippen LogP contribution < -0.4 is 15.8 Å². The van der Waals surface area contributed by atoms with Crippen LogP contribution in [-0.4, -0.2) is 46.7 Å². The molecule has 0 aliphatic carbocycles. The molecule has 0 atom stereocenters. The van der Waals surface area contributed by atoms with Crippen molar-refractivity contribution in [2.45, 2.75) is 6.18 Å². The Balaban J connectivity index is 1.72. The molecule has 0 bridgehead atoms. The number of carbonyl (C=O) groups excluding carboxylic acids is 2. The molecular formula is C19H10ClF3N10O3. The minimum atomic E-state index is -5.08. The number of nitrogens with zero attached hydrogens (tertiary/aromatic N) is 8. The Bertz CT molecular complexity index is 1510. The second-order valence-electron chi connectivity index (χ2n) is 6.67. The van der Waals surface area contributed by atoms with E-state index in [9.17, 15) is 28.0 Å². The Morgan fingerprint density at radius 3 is 2.50 bits per heavy atom. The number of alkyl halides is 3. The van der Waals surface area contributed by atoms with Gasteiger partial charge >= 0.3 is 12.3 Å². The number of ether oxygens (including phenoxy) is 1. The van der Waals surface area contributed by atoms with Crippen molar-refractivity contribution in [1.29, 1.82) is 5.26 Å². The van der Waals surface area contributed by atoms with Crippen molar-refractivity contribution in [3.8, 4) is 23.5 Å². The van der Waals surface area contributed by atoms with E-state index >= 15 is 0 Å². The maximum atomic E-state index is 14.0. The summed E-state index contributed by atoms with van der Waals surface area (Å²) >= 11 is 6.04. The Kier molecular flexibility index (Phi) is 6.23. The highest BCUT2D eigenvalue weighted by Gasteiger charge is 2.41. The minimum absolute atomic E-state index is 0.0469. The Hall–Kier alpha value is -5.04. The number of nitrogens with two attached hydrogens (primary N) is 1. The van der Waals surface area contributed by atoms with E-state index in [4.69, 9.17) is 17.3 Å². The van der Waals surface area contributed by atoms with E-state index in [2.05, 4.69) is 35.3 Å². The molecule has 0 aromatic carbocycles. The summed E-state index contributed by atoms with van der Waals surface area (Å²) in [6.45, 7) is 0. The van der Waals surface area contributed by atoms with Crippen LogP contribution in [-0.2, 0) is 6.18 Å². The molecule has 0 aliphatic rings. The summed E-state index contributed by atoms with van der Waals surface area (Å²) in [7, 11) is 0. The van der Waals surface area contributed by atoms with Crippen molar-refractivity contribution in [3.05, 3.63) is 65.0 Å². The third kappa shape index (κ3) is 4.63. The van der Waals surface area contributed by atoms with Gasteiger partial charge in [-0.15, -0.1) is 4.80 Å². The highest BCUT2D eigenvalue weighted by Crippen LogP contribution is 2.37. The number of rotatable bonds is 5. The molecule has 0 saturated carbocycles. The lowest BCUT2D eigenvalue weighted by atomic mass is 10.2. The standard InChI is InChI=1S/C19H10ClF3N10O3/c20-13-12(1-2-26-17(13)36-18(25)35)32-14(19(21,22)23)11(8-30-32)16(34)31-10-5-9(6-24)15(27-7-10)33-28-3-4-29-33/h1-5,7-8H,(H2,25,35)(H,31,34). The van der Waals surface area contributed by atoms with Crippen LogP contribution in [0.5, 0.6) is 5.88 Å². The number of halogens is 4. The number of primary amides is 1. The third-order valence-electron chi connectivity index (χ3n) is 4.40. The molecule has 182 valence electrons. The lowest BCUT2D eigenvalue weighted by molar-refractivity contribution is -0.143. The van der Waals surface area contributed by atoms with E-state index in [1.165, 1.54) is 18.5 Å². The fraction of sp³-hybridized carbons (Fsp3) is 0.0526. The number of hydrogen-bond acceptors (Lipinski definition) is 9. The summed E-state index contributed by atoms with van der Waals surface area (Å²) in [6, 6.07) is 4.10. The summed E-state index contributed by atoms with van der Waals surface area (Å²) < 4.78 is 47.0. The lowest BCUT2D eigenvalue weighted by Crippen LogP contribution is -2.21. The maximum Gasteiger partial charge on any atom is 0.434 e. The van der Waals surface area contributed by atoms with Crippen molar-refractivity contribution in [1.82, 2.24) is 34.7 Å². The molecule has 0 radical (unpaired) electrons. The smallest absolute Gasteiger partial charge is 0.390 e. The molecule has 2 amide bonds. The van der Waals surface area contributed by atoms with Gasteiger partial charge in [-0.3, -0.25) is 4.79 Å². The normalized spacial score (nSPS) is 11.1. The Morgan fingerprint density at radius 2 is 1.86 bits per heavy atom. The molecule has 0 fully saturated rings. The van der Waals surface area contributed by atoms with Crippen molar-refractivity contribution >= 4 is 29.3 Å². The van der Waals surface area contributed by atoms with Crippen LogP contribution in [0, 0.1) is 11.3 Å². The van der Waals surface area contributed by atoms with Gasteiger partial charge in [0.15, 0.2) is 11.5 Å². The number of pyridine rings is 2. The molecule has 4 aromatic rings. The summed E-state index contributed by atoms with van der Waals surface area (Å²) in [5, 5.41) is 22.5. The van der Waals surface area contributed by atoms with Gasteiger partial charge in [0.25, 0.3) is 5.91 Å². The first-order valence-corrected chi connectivity index (χ1v) is 9.83. The first kappa shape index (κ1) is 24.1. The third-order valence-corrected chi connectivity index (χ3v) is 4.75. The molecule has 0 unspecified atom stereocenters. The molecule has 13 nitrogen and oxygen atoms in total. The molecule has 0 saturated heterocycles. The van der Waals surface area contributed by atoms with E-state index in [0.717, 1.165) is 23.3 Å². The van der Waals surface area contributed by atoms with Gasteiger partial charge < -0.3 is 15.8 Å². The van der Waals surface area contributed by atoms with E-state index in [0.29, 0.717) is 10.9 Å². The molecule has 4 rings (SSSR count). The van der Waals surface area contributed by atoms with Gasteiger partial charge in [0, 0.05) is 6.20 Å². The number of hydrogen-bond donors (Lipinski definition) is 2. The fourth-order valence-corrected chi connectivity index (χ4v) is 3.24. The molecule has 0 spiro atoms. The van der Waals surface area contributed by atoms with E-state index in [1.807, 2.05) is 6.07 Å². The fourth-order valence-electron chi connectivity index (χ4n) is 3.01. The number of aromatic nitrogens is 7. The number of carbonyl (C=O) groups is 2. The quantitative estimate of drug-likeness (QED) is 0.401. The predicted molar refractivity (Wildman–Crippen MR) is 113 cm³/mol. The van der Waals surface area contributed by atoms with Crippen LogP contribution in [0.3, 0.4) is 0 Å². The Morgan fingerprint density at radius 1 is 1.14 bits per heavy atom. The van der Waals surface area contributed by atoms with Crippen molar-refractivity contribution in [2.75, 3.05) is 5.32 Å². The minimum Gasteiger partial charge on any atom is -0.390 e. The van der Waals surface area contributed by atoms with Crippen LogP contribution in [0.2, 0.25) is 5.02 Å². The maximum absolute atomic E-state index is 14.0. The van der Waals surface area contributed by atoms with Gasteiger partial charge in [0.1, 0.15) is 16.7 Å². The highest BCUT2D eigenvalue weighted by atomic mass is 35.5. The van der Waals surface area contributed by atoms with Crippen LogP contribution in [0.25, 0.3) is 11.5 Å². The zero-order valence-corrected chi connectivity index (χ0v) is 18.2. The van der Waals surface area contributed by atoms with Gasteiger partial charge in [-0.05, 0) is 12.1 Å². The highest BCUT2D eigenvalue weighted by molar-refractivity contribution is 6.33. The van der Waals surface area contributed by atoms with Crippen LogP contribution >= 0.6 is 11.6 Å². The average molecular weight is 519 g/mol. The lowest BCUT2D eigenvalue weighted by Gasteiger charge is -2.14. The van der Waals surface area contributed by atoms with Crippen molar-refractivity contribution in [3.63, 3.8) is 0 Å². The van der Waals surface area contributed by atoms with Gasteiger partial charge in [-0.2, -0.15) is 33.7 Å². The molecular weight excluding hydrogens is 509 g/mol. The molecule has 3 N–H and O–H groups in total. The average Bonchev–Trinajstić information content (AvgIpc) is 3.50. The summed E-state index contributed by atoms with van der Waals surface area (Å²) in [4.78, 5) is 32.5. The summed E-state index contributed by atoms with van der Waals surface area (Å²) in [5.41, 5.74) is 2.03. The first-order valence-electron chi connectivity index (χ1n) is 9.45. The largest absolute Gasteiger partial charge is 0.434 e. The van der Waals surface area contributed by atoms with Crippen LogP contribution in [0.1, 0.15) is 21.6 Å². The van der Waals surface area contributed by atoms with Crippen LogP contribution in [0.4, 0.5) is 23.7 Å². The van der Waals surface area contributed by atoms with E-state index < -0.39 is 40.3 Å². The second kappa shape index (κ2) is 9.31. The van der Waals surface area contributed by atoms with E-state index in [1.54, 1.807) is 0 Å². The summed E-state index contributed by atoms with van der Waals surface area (Å²) in [5.74, 6) is -1.72. The molecule has 4 aromatic heterocycles. The number of amides is 2. The second-order valence-corrected chi connectivity index (χ2v) is 7.04. The van der Waals surface area contributed by atoms with Gasteiger partial charge in [-0.1, -0.05) is 11.6 Å². The predicted octanol–water partition coefficient (Wildman–Crippen LogP) is 2.50. The molecule has 17 heteroatoms. The topological polar surface area (TPSA) is 180 Å². The van der Waals surface area contributed by atoms with Gasteiger partial charge in [0.2, 0.25) is 5.88 Å². The SMILES string of the molecule is N#Cc1cc(NC(=O)c2cnn(-c3ccnc(OC(N)=O)c3Cl)c2C(F)(F)F)cnc1-n1nccn1. The first-order chi connectivity index (χ1) is 17.1. The number of nitriles is 1. The van der Waals surface area contributed by atoms with Crippen molar-refractivity contribution < 1.29 is 27.5 Å². The molecule has 4 heterocycles. The van der Waals surface area contributed by atoms with E-state index in [-0.39, 0.29) is 22.8 Å². The van der Waals surface area contributed by atoms with Crippen molar-refractivity contribution in [2.24, 2.45) is 5.73 Å². The molecule has 0 aliphatic heterocycles. The van der Waals surface area contributed by atoms with Gasteiger partial charge in [-0.25, -0.2) is 19.4 Å². The van der Waals surface area contributed by atoms with Gasteiger partial charge in [0.05, 0.1) is 41.7 Å². The summed E-state index contributed by atoms with van der Waals surface area (Å²) in [6.07, 6.45) is -0.872. The number of anilines is 1. The van der Waals surface area contributed by atoms with Crippen LogP contribution in [0.15, 0.2) is 43.1 Å². The zero-order chi connectivity index (χ0) is 26.0. The molecule has 36 heavy (non-hydrogen) atoms. The Labute approximate surface area is 202 Å².